The molecule has 7 nitrogen and oxygen atoms in total. The predicted octanol–water partition coefficient (Wildman–Crippen LogP) is 6.18. The number of carbonyl (C=O) groups is 1. The van der Waals surface area contributed by atoms with Crippen LogP contribution < -0.4 is 4.74 Å². The van der Waals surface area contributed by atoms with Crippen molar-refractivity contribution < 1.29 is 9.53 Å². The van der Waals surface area contributed by atoms with Crippen molar-refractivity contribution in [3.05, 3.63) is 70.9 Å². The van der Waals surface area contributed by atoms with Crippen LogP contribution in [-0.2, 0) is 11.3 Å². The van der Waals surface area contributed by atoms with Crippen LogP contribution in [-0.4, -0.2) is 38.1 Å². The minimum atomic E-state index is -0.410. The Morgan fingerprint density at radius 2 is 2.00 bits per heavy atom. The maximum Gasteiger partial charge on any atom is 0.283 e. The second kappa shape index (κ2) is 9.78. The topological polar surface area (TPSA) is 83.0 Å². The lowest BCUT2D eigenvalue weighted by molar-refractivity contribution is -0.114. The maximum atomic E-state index is 12.8. The second-order valence-electron chi connectivity index (χ2n) is 9.21. The van der Waals surface area contributed by atoms with E-state index >= 15 is 0 Å². The summed E-state index contributed by atoms with van der Waals surface area (Å²) in [4.78, 5) is 17.0. The Morgan fingerprint density at radius 1 is 1.19 bits per heavy atom. The number of nitrogens with one attached hydrogen (secondary N) is 1. The maximum absolute atomic E-state index is 12.8. The van der Waals surface area contributed by atoms with Crippen molar-refractivity contribution in [1.29, 1.82) is 5.41 Å². The molecule has 0 saturated carbocycles. The molecule has 0 aliphatic carbocycles. The third-order valence-corrected chi connectivity index (χ3v) is 7.35. The van der Waals surface area contributed by atoms with E-state index in [0.717, 1.165) is 33.7 Å². The molecule has 0 bridgehead atoms. The van der Waals surface area contributed by atoms with E-state index in [2.05, 4.69) is 59.7 Å². The van der Waals surface area contributed by atoms with Gasteiger partial charge >= 0.3 is 0 Å². The Labute approximate surface area is 215 Å². The average Bonchev–Trinajstić information content (AvgIpc) is 3.43. The van der Waals surface area contributed by atoms with Gasteiger partial charge in [0.05, 0.1) is 12.1 Å². The molecular weight excluding hydrogens is 470 g/mol. The minimum Gasteiger partial charge on any atom is -0.491 e. The molecule has 3 aromatic rings. The molecule has 0 unspecified atom stereocenters. The molecule has 0 fully saturated rings. The number of para-hydroxylation sites is 1. The van der Waals surface area contributed by atoms with Gasteiger partial charge in [0.15, 0.2) is 5.84 Å². The highest BCUT2D eigenvalue weighted by Gasteiger charge is 2.35. The zero-order valence-corrected chi connectivity index (χ0v) is 21.7. The summed E-state index contributed by atoms with van der Waals surface area (Å²) in [6.45, 7) is 9.57. The number of aliphatic imine (C=N–C) groups is 1. The summed E-state index contributed by atoms with van der Waals surface area (Å²) < 4.78 is 8.36. The van der Waals surface area contributed by atoms with Crippen molar-refractivity contribution in [2.45, 2.75) is 46.6 Å². The number of fused-ring (bicyclic) bond motifs is 2. The van der Waals surface area contributed by atoms with Gasteiger partial charge in [-0.15, -0.1) is 0 Å². The first-order valence-corrected chi connectivity index (χ1v) is 13.0. The highest BCUT2D eigenvalue weighted by molar-refractivity contribution is 8.26. The zero-order chi connectivity index (χ0) is 25.4. The van der Waals surface area contributed by atoms with Crippen LogP contribution in [0.3, 0.4) is 0 Å². The van der Waals surface area contributed by atoms with Gasteiger partial charge in [0.2, 0.25) is 5.17 Å². The predicted molar refractivity (Wildman–Crippen MR) is 148 cm³/mol. The van der Waals surface area contributed by atoms with Gasteiger partial charge in [-0.3, -0.25) is 10.2 Å². The molecule has 36 heavy (non-hydrogen) atoms. The number of thioether (sulfide) groups is 1. The van der Waals surface area contributed by atoms with Crippen molar-refractivity contribution in [1.82, 2.24) is 9.58 Å². The van der Waals surface area contributed by atoms with E-state index in [1.54, 1.807) is 6.08 Å². The Balaban J connectivity index is 1.42. The van der Waals surface area contributed by atoms with E-state index in [1.165, 1.54) is 27.9 Å². The van der Waals surface area contributed by atoms with E-state index < -0.39 is 5.91 Å². The number of carbonyl (C=O) groups excluding carboxylic acids is 1. The van der Waals surface area contributed by atoms with Crippen molar-refractivity contribution >= 4 is 50.7 Å². The summed E-state index contributed by atoms with van der Waals surface area (Å²) in [5, 5.41) is 16.8. The van der Waals surface area contributed by atoms with Crippen LogP contribution in [0.25, 0.3) is 17.0 Å². The van der Waals surface area contributed by atoms with Gasteiger partial charge in [0.25, 0.3) is 5.91 Å². The van der Waals surface area contributed by atoms with E-state index in [1.807, 2.05) is 31.3 Å². The number of hydrazone groups is 1. The number of amidine groups is 2. The molecule has 3 heterocycles. The second-order valence-corrected chi connectivity index (χ2v) is 10.2. The van der Waals surface area contributed by atoms with Gasteiger partial charge in [-0.1, -0.05) is 51.1 Å². The number of aromatic nitrogens is 1. The van der Waals surface area contributed by atoms with Gasteiger partial charge in [-0.2, -0.15) is 15.1 Å². The van der Waals surface area contributed by atoms with Crippen molar-refractivity contribution in [2.24, 2.45) is 10.1 Å². The van der Waals surface area contributed by atoms with Crippen LogP contribution in [0.1, 0.15) is 49.8 Å². The average molecular weight is 500 g/mol. The lowest BCUT2D eigenvalue weighted by Crippen LogP contribution is -2.35. The van der Waals surface area contributed by atoms with E-state index in [9.17, 15) is 4.79 Å². The summed E-state index contributed by atoms with van der Waals surface area (Å²) >= 11 is 1.35. The number of hydrogen-bond acceptors (Lipinski definition) is 5. The normalized spacial score (nSPS) is 16.7. The standard InChI is InChI=1S/C28H29N5O2S/c1-5-25-31-33-26(29)22(27(34)30-28(33)36-25)15-19-16-32(23-9-7-6-8-21(19)23)12-13-35-24-14-18(4)10-11-20(24)17(2)3/h6-11,14-17,29H,5,12-13H2,1-4H3. The molecule has 5 rings (SSSR count). The van der Waals surface area contributed by atoms with Gasteiger partial charge in [0, 0.05) is 22.7 Å². The first-order valence-electron chi connectivity index (χ1n) is 12.2. The van der Waals surface area contributed by atoms with Gasteiger partial charge in [0.1, 0.15) is 17.4 Å². The van der Waals surface area contributed by atoms with E-state index in [-0.39, 0.29) is 11.4 Å². The van der Waals surface area contributed by atoms with Gasteiger partial charge < -0.3 is 9.30 Å². The number of rotatable bonds is 7. The summed E-state index contributed by atoms with van der Waals surface area (Å²) in [5.41, 5.74) is 4.52. The quantitative estimate of drug-likeness (QED) is 0.394. The van der Waals surface area contributed by atoms with Crippen LogP contribution >= 0.6 is 11.8 Å². The molecule has 0 radical (unpaired) electrons. The van der Waals surface area contributed by atoms with E-state index in [0.29, 0.717) is 24.2 Å². The van der Waals surface area contributed by atoms with Crippen LogP contribution in [0.4, 0.5) is 0 Å². The lowest BCUT2D eigenvalue weighted by Gasteiger charge is -2.20. The highest BCUT2D eigenvalue weighted by Crippen LogP contribution is 2.31. The number of hydrogen-bond donors (Lipinski definition) is 1. The fourth-order valence-corrected chi connectivity index (χ4v) is 5.23. The first-order chi connectivity index (χ1) is 17.4. The molecule has 1 N–H and O–H groups in total. The van der Waals surface area contributed by atoms with Gasteiger partial charge in [-0.25, -0.2) is 0 Å². The fourth-order valence-electron chi connectivity index (χ4n) is 4.40. The molecule has 8 heteroatoms. The number of amides is 1. The molecule has 184 valence electrons. The molecule has 0 spiro atoms. The summed E-state index contributed by atoms with van der Waals surface area (Å²) in [5.74, 6) is 0.951. The first kappa shape index (κ1) is 24.1. The largest absolute Gasteiger partial charge is 0.491 e. The van der Waals surface area contributed by atoms with Crippen molar-refractivity contribution in [3.63, 3.8) is 0 Å². The Hall–Kier alpha value is -3.65. The minimum absolute atomic E-state index is 0.0572. The third-order valence-electron chi connectivity index (χ3n) is 6.30. The van der Waals surface area contributed by atoms with Crippen molar-refractivity contribution in [2.75, 3.05) is 6.61 Å². The zero-order valence-electron chi connectivity index (χ0n) is 20.9. The summed E-state index contributed by atoms with van der Waals surface area (Å²) in [6.07, 6.45) is 4.50. The molecule has 2 aliphatic heterocycles. The number of aryl methyl sites for hydroxylation is 1. The number of nitrogens with zero attached hydrogens (tertiary/aromatic N) is 4. The molecule has 2 aromatic carbocycles. The van der Waals surface area contributed by atoms with Gasteiger partial charge in [-0.05, 0) is 60.4 Å². The monoisotopic (exact) mass is 499 g/mol. The lowest BCUT2D eigenvalue weighted by atomic mass is 10.0. The van der Waals surface area contributed by atoms with Crippen molar-refractivity contribution in [3.8, 4) is 5.75 Å². The Morgan fingerprint density at radius 3 is 2.78 bits per heavy atom. The summed E-state index contributed by atoms with van der Waals surface area (Å²) in [7, 11) is 0. The molecule has 1 aromatic heterocycles. The fraction of sp³-hybridized carbons (Fsp3) is 0.286. The highest BCUT2D eigenvalue weighted by atomic mass is 32.2. The molecular formula is C28H29N5O2S. The molecule has 0 saturated heterocycles. The van der Waals surface area contributed by atoms with E-state index in [4.69, 9.17) is 10.1 Å². The summed E-state index contributed by atoms with van der Waals surface area (Å²) in [6, 6.07) is 14.4. The SMILES string of the molecule is CCC1=NN2C(=N)C(=Cc3cn(CCOc4cc(C)ccc4C(C)C)c4ccccc34)C(=O)N=C2S1. The number of benzene rings is 2. The van der Waals surface area contributed by atoms with Crippen LogP contribution in [0.15, 0.2) is 64.3 Å². The van der Waals surface area contributed by atoms with Crippen LogP contribution in [0.2, 0.25) is 0 Å². The van der Waals surface area contributed by atoms with Crippen LogP contribution in [0.5, 0.6) is 5.75 Å². The smallest absolute Gasteiger partial charge is 0.283 e. The Kier molecular flexibility index (Phi) is 6.53. The Bertz CT molecular complexity index is 1460. The number of ether oxygens (including phenoxy) is 1. The molecule has 2 aliphatic rings. The third kappa shape index (κ3) is 4.48. The molecule has 0 atom stereocenters. The van der Waals surface area contributed by atoms with Crippen LogP contribution in [0, 0.1) is 12.3 Å². The molecule has 1 amide bonds.